The lowest BCUT2D eigenvalue weighted by Gasteiger charge is -2.33. The van der Waals surface area contributed by atoms with E-state index >= 15 is 0 Å². The Balaban J connectivity index is 1.48. The third kappa shape index (κ3) is 8.23. The second-order valence-electron chi connectivity index (χ2n) is 9.60. The Morgan fingerprint density at radius 2 is 2.26 bits per heavy atom. The zero-order valence-corrected chi connectivity index (χ0v) is 23.7. The predicted molar refractivity (Wildman–Crippen MR) is 154 cm³/mol. The number of aromatic nitrogens is 1. The summed E-state index contributed by atoms with van der Waals surface area (Å²) in [5.74, 6) is 1.11. The minimum Gasteiger partial charge on any atom is -0.469 e. The standard InChI is InChI=1S/C29H36BrN5O3/c1-3-22(8-9-26-19-37-20-38-26)12-29(36)35-11-5-7-24(18-35)28-13-25(16-32-17-27(30)21(2)34-28)33-15-23-6-4-10-31-14-23/h4,6,8-10,13-14,17,24,33H,3,5,7,11-12,15-16,18-20H2,1-2H3/b22-8+,25-13+,26-9+,27-21-,32-17?,34-28+. The van der Waals surface area contributed by atoms with Crippen LogP contribution in [0.4, 0.5) is 0 Å². The number of allylic oxidation sites excluding steroid dienone is 5. The van der Waals surface area contributed by atoms with Crippen LogP contribution in [0, 0.1) is 5.92 Å². The first kappa shape index (κ1) is 28.0. The van der Waals surface area contributed by atoms with Crippen LogP contribution in [0.1, 0.15) is 45.1 Å². The summed E-state index contributed by atoms with van der Waals surface area (Å²) in [7, 11) is 0. The van der Waals surface area contributed by atoms with Gasteiger partial charge in [0.2, 0.25) is 5.91 Å². The Morgan fingerprint density at radius 3 is 3.03 bits per heavy atom. The number of nitrogens with zero attached hydrogens (tertiary/aromatic N) is 4. The summed E-state index contributed by atoms with van der Waals surface area (Å²) >= 11 is 3.61. The van der Waals surface area contributed by atoms with E-state index in [0.717, 1.165) is 64.3 Å². The second-order valence-corrected chi connectivity index (χ2v) is 10.5. The van der Waals surface area contributed by atoms with Gasteiger partial charge in [-0.3, -0.25) is 19.8 Å². The van der Waals surface area contributed by atoms with Crippen molar-refractivity contribution in [1.29, 1.82) is 0 Å². The first-order chi connectivity index (χ1) is 18.5. The number of hydrogen-bond acceptors (Lipinski definition) is 7. The van der Waals surface area contributed by atoms with Gasteiger partial charge in [0, 0.05) is 62.0 Å². The van der Waals surface area contributed by atoms with E-state index in [2.05, 4.69) is 44.2 Å². The van der Waals surface area contributed by atoms with Gasteiger partial charge in [0.25, 0.3) is 0 Å². The average molecular weight is 583 g/mol. The molecule has 3 aliphatic heterocycles. The summed E-state index contributed by atoms with van der Waals surface area (Å²) in [4.78, 5) is 29.1. The maximum atomic E-state index is 13.3. The number of piperidine rings is 1. The lowest BCUT2D eigenvalue weighted by Crippen LogP contribution is -2.42. The molecule has 9 heteroatoms. The lowest BCUT2D eigenvalue weighted by atomic mass is 9.91. The van der Waals surface area contributed by atoms with Gasteiger partial charge in [-0.25, -0.2) is 0 Å². The maximum absolute atomic E-state index is 13.3. The fraction of sp³-hybridized carbons (Fsp3) is 0.448. The Morgan fingerprint density at radius 1 is 1.37 bits per heavy atom. The van der Waals surface area contributed by atoms with Gasteiger partial charge in [-0.15, -0.1) is 0 Å². The minimum atomic E-state index is 0.149. The number of likely N-dealkylation sites (tertiary alicyclic amines) is 1. The van der Waals surface area contributed by atoms with Gasteiger partial charge in [0.1, 0.15) is 12.4 Å². The number of halogens is 1. The first-order valence-electron chi connectivity index (χ1n) is 13.2. The molecule has 0 aliphatic carbocycles. The maximum Gasteiger partial charge on any atom is 0.226 e. The molecule has 3 aliphatic rings. The molecule has 4 rings (SSSR count). The third-order valence-corrected chi connectivity index (χ3v) is 7.55. The van der Waals surface area contributed by atoms with E-state index in [0.29, 0.717) is 39.5 Å². The fourth-order valence-corrected chi connectivity index (χ4v) is 4.75. The van der Waals surface area contributed by atoms with Crippen molar-refractivity contribution in [3.05, 3.63) is 75.5 Å². The van der Waals surface area contributed by atoms with Crippen LogP contribution in [0.25, 0.3) is 0 Å². The number of pyridine rings is 1. The summed E-state index contributed by atoms with van der Waals surface area (Å²) in [6.45, 7) is 7.45. The van der Waals surface area contributed by atoms with Crippen LogP contribution in [0.15, 0.2) is 79.9 Å². The van der Waals surface area contributed by atoms with Crippen LogP contribution >= 0.6 is 15.9 Å². The van der Waals surface area contributed by atoms with E-state index in [1.54, 1.807) is 6.20 Å². The second kappa shape index (κ2) is 14.2. The highest BCUT2D eigenvalue weighted by atomic mass is 79.9. The molecule has 38 heavy (non-hydrogen) atoms. The van der Waals surface area contributed by atoms with Crippen LogP contribution < -0.4 is 5.32 Å². The van der Waals surface area contributed by atoms with Crippen molar-refractivity contribution < 1.29 is 14.3 Å². The van der Waals surface area contributed by atoms with Crippen LogP contribution in [0.5, 0.6) is 0 Å². The smallest absolute Gasteiger partial charge is 0.226 e. The van der Waals surface area contributed by atoms with Gasteiger partial charge in [-0.1, -0.05) is 24.6 Å². The number of ether oxygens (including phenoxy) is 2. The Bertz CT molecular complexity index is 1160. The molecule has 1 unspecified atom stereocenters. The molecule has 202 valence electrons. The van der Waals surface area contributed by atoms with E-state index in [1.807, 2.05) is 48.5 Å². The molecule has 1 atom stereocenters. The highest BCUT2D eigenvalue weighted by Crippen LogP contribution is 2.24. The van der Waals surface area contributed by atoms with Gasteiger partial charge in [0.15, 0.2) is 6.79 Å². The van der Waals surface area contributed by atoms with Crippen molar-refractivity contribution in [2.75, 3.05) is 33.0 Å². The molecule has 0 radical (unpaired) electrons. The first-order valence-corrected chi connectivity index (χ1v) is 14.0. The molecule has 8 nitrogen and oxygen atoms in total. The number of nitrogens with one attached hydrogen (secondary N) is 1. The normalized spacial score (nSPS) is 26.5. The Labute approximate surface area is 233 Å². The van der Waals surface area contributed by atoms with Crippen LogP contribution in [0.2, 0.25) is 0 Å². The Hall–Kier alpha value is -3.04. The summed E-state index contributed by atoms with van der Waals surface area (Å²) < 4.78 is 11.5. The van der Waals surface area contributed by atoms with E-state index in [1.165, 1.54) is 0 Å². The monoisotopic (exact) mass is 581 g/mol. The molecule has 0 bridgehead atoms. The number of hydrogen-bond donors (Lipinski definition) is 1. The van der Waals surface area contributed by atoms with Crippen LogP contribution in [-0.4, -0.2) is 60.8 Å². The third-order valence-electron chi connectivity index (χ3n) is 6.77. The van der Waals surface area contributed by atoms with Crippen LogP contribution in [0.3, 0.4) is 0 Å². The highest BCUT2D eigenvalue weighted by Gasteiger charge is 2.27. The Kier molecular flexibility index (Phi) is 10.5. The molecule has 1 amide bonds. The number of amides is 1. The topological polar surface area (TPSA) is 88.4 Å². The summed E-state index contributed by atoms with van der Waals surface area (Å²) in [5, 5.41) is 3.52. The highest BCUT2D eigenvalue weighted by molar-refractivity contribution is 9.12. The van der Waals surface area contributed by atoms with Crippen molar-refractivity contribution in [3.63, 3.8) is 0 Å². The lowest BCUT2D eigenvalue weighted by molar-refractivity contribution is -0.131. The molecule has 2 fully saturated rings. The van der Waals surface area contributed by atoms with Crippen molar-refractivity contribution in [1.82, 2.24) is 15.2 Å². The number of aliphatic imine (C=N–C) groups is 2. The molecule has 1 aromatic heterocycles. The van der Waals surface area contributed by atoms with Crippen molar-refractivity contribution in [2.24, 2.45) is 15.9 Å². The van der Waals surface area contributed by atoms with Gasteiger partial charge in [-0.05, 0) is 65.9 Å². The molecule has 2 saturated heterocycles. The van der Waals surface area contributed by atoms with Gasteiger partial charge < -0.3 is 19.7 Å². The van der Waals surface area contributed by atoms with Crippen LogP contribution in [-0.2, 0) is 20.8 Å². The van der Waals surface area contributed by atoms with Gasteiger partial charge in [0.05, 0.1) is 16.7 Å². The molecule has 0 saturated carbocycles. The van der Waals surface area contributed by atoms with E-state index < -0.39 is 0 Å². The fourth-order valence-electron chi connectivity index (χ4n) is 4.52. The summed E-state index contributed by atoms with van der Waals surface area (Å²) in [6.07, 6.45) is 14.6. The van der Waals surface area contributed by atoms with E-state index in [9.17, 15) is 4.79 Å². The summed E-state index contributed by atoms with van der Waals surface area (Å²) in [5.41, 5.74) is 5.03. The van der Waals surface area contributed by atoms with Gasteiger partial charge >= 0.3 is 0 Å². The SMILES string of the molecule is CC/C(=C\C=C1/COCO1)CC(=O)N1CCCC(C2=N/C(C)=C(\Br)C=NC/C(NCc3cccnc3)=C\2)C1. The van der Waals surface area contributed by atoms with Crippen molar-refractivity contribution in [3.8, 4) is 0 Å². The number of carbonyl (C=O) groups excluding carboxylic acids is 1. The average Bonchev–Trinajstić information content (AvgIpc) is 3.48. The number of carbonyl (C=O) groups is 1. The van der Waals surface area contributed by atoms with E-state index in [-0.39, 0.29) is 11.8 Å². The quantitative estimate of drug-likeness (QED) is 0.463. The predicted octanol–water partition coefficient (Wildman–Crippen LogP) is 5.06. The minimum absolute atomic E-state index is 0.149. The molecule has 1 aromatic rings. The largest absolute Gasteiger partial charge is 0.469 e. The molecule has 0 aromatic carbocycles. The van der Waals surface area contributed by atoms with Crippen molar-refractivity contribution in [2.45, 2.75) is 46.1 Å². The number of rotatable bonds is 8. The summed E-state index contributed by atoms with van der Waals surface area (Å²) in [6, 6.07) is 3.98. The molecular formula is C29H36BrN5O3. The molecule has 1 N–H and O–H groups in total. The zero-order valence-electron chi connectivity index (χ0n) is 22.2. The zero-order chi connectivity index (χ0) is 26.7. The molecule has 0 spiro atoms. The molecular weight excluding hydrogens is 546 g/mol. The van der Waals surface area contributed by atoms with Crippen molar-refractivity contribution >= 4 is 33.8 Å². The molecule has 4 heterocycles. The van der Waals surface area contributed by atoms with E-state index in [4.69, 9.17) is 14.5 Å². The van der Waals surface area contributed by atoms with Gasteiger partial charge in [-0.2, -0.15) is 0 Å².